The summed E-state index contributed by atoms with van der Waals surface area (Å²) >= 11 is 0. The van der Waals surface area contributed by atoms with Gasteiger partial charge in [0.1, 0.15) is 0 Å². The normalized spacial score (nSPS) is 31.8. The Morgan fingerprint density at radius 1 is 1.46 bits per heavy atom. The highest BCUT2D eigenvalue weighted by Crippen LogP contribution is 2.44. The van der Waals surface area contributed by atoms with Gasteiger partial charge in [-0.05, 0) is 17.5 Å². The average Bonchev–Trinajstić information content (AvgIpc) is 2.41. The molecule has 2 N–H and O–H groups in total. The molecule has 0 aromatic heterocycles. The number of hydrogen-bond donors (Lipinski definition) is 2. The summed E-state index contributed by atoms with van der Waals surface area (Å²) in [6.45, 7) is 1.94. The van der Waals surface area contributed by atoms with Gasteiger partial charge in [-0.2, -0.15) is 0 Å². The number of rotatable bonds is 1. The van der Waals surface area contributed by atoms with Crippen molar-refractivity contribution in [2.45, 2.75) is 19.4 Å². The molecule has 0 radical (unpaired) electrons. The summed E-state index contributed by atoms with van der Waals surface area (Å²) in [5.41, 5.74) is 1.74. The molecule has 0 unspecified atom stereocenters. The molecule has 0 aliphatic heterocycles. The van der Waals surface area contributed by atoms with Crippen molar-refractivity contribution in [3.8, 4) is 0 Å². The zero-order chi connectivity index (χ0) is 9.47. The molecule has 0 amide bonds. The number of benzene rings is 1. The van der Waals surface area contributed by atoms with Gasteiger partial charge in [0.15, 0.2) is 0 Å². The van der Waals surface area contributed by atoms with Crippen LogP contribution in [0.3, 0.4) is 0 Å². The predicted molar refractivity (Wildman–Crippen MR) is 50.3 cm³/mol. The molecule has 0 spiro atoms. The fourth-order valence-electron chi connectivity index (χ4n) is 2.01. The van der Waals surface area contributed by atoms with E-state index in [4.69, 9.17) is 0 Å². The second-order valence-corrected chi connectivity index (χ2v) is 4.09. The Hall–Kier alpha value is -0.860. The maximum atomic E-state index is 9.94. The molecule has 0 bridgehead atoms. The number of hydrogen-bond acceptors (Lipinski definition) is 2. The molecule has 70 valence electrons. The van der Waals surface area contributed by atoms with E-state index in [1.165, 1.54) is 0 Å². The van der Waals surface area contributed by atoms with Crippen LogP contribution < -0.4 is 0 Å². The zero-order valence-corrected chi connectivity index (χ0v) is 7.70. The molecule has 2 nitrogen and oxygen atoms in total. The first-order chi connectivity index (χ1) is 6.17. The molecule has 2 heteroatoms. The van der Waals surface area contributed by atoms with Crippen molar-refractivity contribution in [2.75, 3.05) is 6.61 Å². The molecule has 1 aliphatic carbocycles. The summed E-state index contributed by atoms with van der Waals surface area (Å²) in [4.78, 5) is 0. The fourth-order valence-corrected chi connectivity index (χ4v) is 2.01. The summed E-state index contributed by atoms with van der Waals surface area (Å²) in [7, 11) is 0. The lowest BCUT2D eigenvalue weighted by Gasteiger charge is -2.25. The van der Waals surface area contributed by atoms with Crippen molar-refractivity contribution in [1.29, 1.82) is 0 Å². The Balaban J connectivity index is 2.43. The second kappa shape index (κ2) is 2.82. The molecule has 0 fully saturated rings. The molecule has 0 heterocycles. The van der Waals surface area contributed by atoms with Gasteiger partial charge in [-0.3, -0.25) is 0 Å². The third-order valence-electron chi connectivity index (χ3n) is 2.97. The maximum Gasteiger partial charge on any atom is 0.0871 e. The third kappa shape index (κ3) is 1.18. The highest BCUT2D eigenvalue weighted by molar-refractivity contribution is 5.36. The van der Waals surface area contributed by atoms with Gasteiger partial charge in [-0.1, -0.05) is 31.2 Å². The van der Waals surface area contributed by atoms with Gasteiger partial charge in [-0.25, -0.2) is 0 Å². The van der Waals surface area contributed by atoms with E-state index in [9.17, 15) is 10.2 Å². The van der Waals surface area contributed by atoms with E-state index in [1.54, 1.807) is 0 Å². The van der Waals surface area contributed by atoms with Gasteiger partial charge in [-0.15, -0.1) is 0 Å². The zero-order valence-electron chi connectivity index (χ0n) is 7.70. The van der Waals surface area contributed by atoms with E-state index in [1.807, 2.05) is 31.2 Å². The Morgan fingerprint density at radius 3 is 2.77 bits per heavy atom. The van der Waals surface area contributed by atoms with Gasteiger partial charge >= 0.3 is 0 Å². The van der Waals surface area contributed by atoms with Gasteiger partial charge in [0.2, 0.25) is 0 Å². The van der Waals surface area contributed by atoms with Crippen molar-refractivity contribution in [3.05, 3.63) is 35.4 Å². The standard InChI is InChI=1S/C11H14O2/c1-11(7-12)6-8-4-2-3-5-9(8)10(11)13/h2-5,10,12-13H,6-7H2,1H3/t10-,11+/m0/s1. The van der Waals surface area contributed by atoms with Crippen molar-refractivity contribution < 1.29 is 10.2 Å². The molecular weight excluding hydrogens is 164 g/mol. The monoisotopic (exact) mass is 178 g/mol. The summed E-state index contributed by atoms with van der Waals surface area (Å²) in [5, 5.41) is 19.1. The lowest BCUT2D eigenvalue weighted by atomic mass is 9.86. The van der Waals surface area contributed by atoms with Crippen molar-refractivity contribution in [1.82, 2.24) is 0 Å². The molecule has 13 heavy (non-hydrogen) atoms. The fraction of sp³-hybridized carbons (Fsp3) is 0.455. The Kier molecular flexibility index (Phi) is 1.90. The number of aliphatic hydroxyl groups excluding tert-OH is 2. The van der Waals surface area contributed by atoms with Crippen molar-refractivity contribution in [2.24, 2.45) is 5.41 Å². The van der Waals surface area contributed by atoms with Crippen molar-refractivity contribution >= 4 is 0 Å². The largest absolute Gasteiger partial charge is 0.396 e. The summed E-state index contributed by atoms with van der Waals surface area (Å²) in [6, 6.07) is 7.83. The minimum Gasteiger partial charge on any atom is -0.396 e. The van der Waals surface area contributed by atoms with E-state index in [2.05, 4.69) is 0 Å². The second-order valence-electron chi connectivity index (χ2n) is 4.09. The maximum absolute atomic E-state index is 9.94. The van der Waals surface area contributed by atoms with E-state index >= 15 is 0 Å². The topological polar surface area (TPSA) is 40.5 Å². The van der Waals surface area contributed by atoms with Crippen molar-refractivity contribution in [3.63, 3.8) is 0 Å². The lowest BCUT2D eigenvalue weighted by Crippen LogP contribution is -2.26. The minimum atomic E-state index is -0.520. The van der Waals surface area contributed by atoms with Crippen LogP contribution in [0.2, 0.25) is 0 Å². The minimum absolute atomic E-state index is 0.0306. The van der Waals surface area contributed by atoms with Crippen LogP contribution in [-0.2, 0) is 6.42 Å². The quantitative estimate of drug-likeness (QED) is 0.680. The molecular formula is C11H14O2. The Bertz CT molecular complexity index is 322. The van der Waals surface area contributed by atoms with Gasteiger partial charge < -0.3 is 10.2 Å². The number of fused-ring (bicyclic) bond motifs is 1. The van der Waals surface area contributed by atoms with Crippen LogP contribution in [0, 0.1) is 5.41 Å². The first-order valence-electron chi connectivity index (χ1n) is 4.54. The Labute approximate surface area is 77.8 Å². The molecule has 0 saturated carbocycles. The first kappa shape index (κ1) is 8.73. The van der Waals surface area contributed by atoms with Crippen LogP contribution in [0.1, 0.15) is 24.2 Å². The van der Waals surface area contributed by atoms with Gasteiger partial charge in [0.25, 0.3) is 0 Å². The highest BCUT2D eigenvalue weighted by Gasteiger charge is 2.40. The summed E-state index contributed by atoms with van der Waals surface area (Å²) < 4.78 is 0. The molecule has 1 aromatic carbocycles. The molecule has 2 rings (SSSR count). The van der Waals surface area contributed by atoms with Crippen LogP contribution in [0.15, 0.2) is 24.3 Å². The average molecular weight is 178 g/mol. The van der Waals surface area contributed by atoms with E-state index in [-0.39, 0.29) is 12.0 Å². The van der Waals surface area contributed by atoms with Crippen LogP contribution >= 0.6 is 0 Å². The van der Waals surface area contributed by atoms with E-state index in [0.717, 1.165) is 17.5 Å². The summed E-state index contributed by atoms with van der Waals surface area (Å²) in [5.74, 6) is 0. The van der Waals surface area contributed by atoms with Gasteiger partial charge in [0.05, 0.1) is 12.7 Å². The SMILES string of the molecule is C[C@]1(CO)Cc2ccccc2[C@@H]1O. The Morgan fingerprint density at radius 2 is 2.15 bits per heavy atom. The summed E-state index contributed by atoms with van der Waals surface area (Å²) in [6.07, 6.45) is 0.245. The smallest absolute Gasteiger partial charge is 0.0871 e. The van der Waals surface area contributed by atoms with Gasteiger partial charge in [0, 0.05) is 5.41 Å². The molecule has 1 aromatic rings. The number of aliphatic hydroxyl groups is 2. The van der Waals surface area contributed by atoms with E-state index < -0.39 is 6.10 Å². The molecule has 1 aliphatic rings. The van der Waals surface area contributed by atoms with E-state index in [0.29, 0.717) is 0 Å². The van der Waals surface area contributed by atoms with Crippen LogP contribution in [0.5, 0.6) is 0 Å². The van der Waals surface area contributed by atoms with Crippen LogP contribution in [0.4, 0.5) is 0 Å². The first-order valence-corrected chi connectivity index (χ1v) is 4.54. The van der Waals surface area contributed by atoms with Crippen LogP contribution in [0.25, 0.3) is 0 Å². The predicted octanol–water partition coefficient (Wildman–Crippen LogP) is 1.27. The molecule has 0 saturated heterocycles. The van der Waals surface area contributed by atoms with Crippen LogP contribution in [-0.4, -0.2) is 16.8 Å². The lowest BCUT2D eigenvalue weighted by molar-refractivity contribution is 0.00783. The third-order valence-corrected chi connectivity index (χ3v) is 2.97. The molecule has 2 atom stereocenters. The highest BCUT2D eigenvalue weighted by atomic mass is 16.3.